The highest BCUT2D eigenvalue weighted by molar-refractivity contribution is 5.85. The molecule has 1 aromatic carbocycles. The first-order valence-corrected chi connectivity index (χ1v) is 8.47. The molecule has 3 nitrogen and oxygen atoms in total. The second-order valence-corrected chi connectivity index (χ2v) is 6.60. The van der Waals surface area contributed by atoms with E-state index in [1.807, 2.05) is 11.0 Å². The van der Waals surface area contributed by atoms with E-state index < -0.39 is 0 Å². The summed E-state index contributed by atoms with van der Waals surface area (Å²) in [6, 6.07) is 7.13. The van der Waals surface area contributed by atoms with Gasteiger partial charge in [0.1, 0.15) is 5.82 Å². The van der Waals surface area contributed by atoms with Crippen molar-refractivity contribution in [3.05, 3.63) is 35.6 Å². The topological polar surface area (TPSA) is 32.3 Å². The van der Waals surface area contributed by atoms with Crippen LogP contribution in [0.25, 0.3) is 0 Å². The van der Waals surface area contributed by atoms with Gasteiger partial charge in [0.05, 0.1) is 0 Å². The van der Waals surface area contributed by atoms with Crippen LogP contribution in [0.4, 0.5) is 4.39 Å². The molecular weight excluding hydrogens is 315 g/mol. The van der Waals surface area contributed by atoms with Gasteiger partial charge in [0.2, 0.25) is 5.91 Å². The maximum atomic E-state index is 13.2. The first-order chi connectivity index (χ1) is 10.7. The molecule has 1 saturated carbocycles. The van der Waals surface area contributed by atoms with E-state index in [2.05, 4.69) is 5.32 Å². The van der Waals surface area contributed by atoms with E-state index in [1.165, 1.54) is 12.5 Å². The zero-order chi connectivity index (χ0) is 15.4. The molecule has 0 spiro atoms. The number of nitrogens with zero attached hydrogens (tertiary/aromatic N) is 1. The van der Waals surface area contributed by atoms with Gasteiger partial charge in [0.15, 0.2) is 0 Å². The molecule has 1 N–H and O–H groups in total. The lowest BCUT2D eigenvalue weighted by atomic mass is 10.0. The Hall–Kier alpha value is -1.13. The summed E-state index contributed by atoms with van der Waals surface area (Å²) >= 11 is 0. The molecule has 0 aromatic heterocycles. The fourth-order valence-corrected chi connectivity index (χ4v) is 3.27. The van der Waals surface area contributed by atoms with E-state index in [9.17, 15) is 9.18 Å². The molecule has 2 fully saturated rings. The molecule has 1 aliphatic heterocycles. The number of nitrogens with one attached hydrogen (secondary N) is 1. The number of rotatable bonds is 7. The smallest absolute Gasteiger partial charge is 0.222 e. The SMILES string of the molecule is Cl.O=C(CCC1CCNC1)N(CCc1cccc(F)c1)C1CC1. The van der Waals surface area contributed by atoms with Crippen LogP contribution in [0, 0.1) is 11.7 Å². The third-order valence-corrected chi connectivity index (χ3v) is 4.77. The predicted octanol–water partition coefficient (Wildman–Crippen LogP) is 3.17. The Morgan fingerprint density at radius 3 is 2.78 bits per heavy atom. The molecule has 1 amide bonds. The largest absolute Gasteiger partial charge is 0.339 e. The second-order valence-electron chi connectivity index (χ2n) is 6.60. The van der Waals surface area contributed by atoms with Crippen LogP contribution in [0.2, 0.25) is 0 Å². The van der Waals surface area contributed by atoms with Crippen LogP contribution < -0.4 is 5.32 Å². The van der Waals surface area contributed by atoms with Crippen LogP contribution in [-0.2, 0) is 11.2 Å². The molecule has 5 heteroatoms. The highest BCUT2D eigenvalue weighted by Crippen LogP contribution is 2.28. The van der Waals surface area contributed by atoms with Crippen molar-refractivity contribution in [3.63, 3.8) is 0 Å². The van der Waals surface area contributed by atoms with Crippen LogP contribution in [0.1, 0.15) is 37.7 Å². The zero-order valence-electron chi connectivity index (χ0n) is 13.5. The van der Waals surface area contributed by atoms with Crippen molar-refractivity contribution in [1.82, 2.24) is 10.2 Å². The quantitative estimate of drug-likeness (QED) is 0.827. The number of carbonyl (C=O) groups excluding carboxylic acids is 1. The number of amides is 1. The van der Waals surface area contributed by atoms with Gasteiger partial charge in [-0.15, -0.1) is 12.4 Å². The van der Waals surface area contributed by atoms with Crippen LogP contribution in [0.5, 0.6) is 0 Å². The summed E-state index contributed by atoms with van der Waals surface area (Å²) in [5.41, 5.74) is 0.971. The molecule has 1 heterocycles. The lowest BCUT2D eigenvalue weighted by Crippen LogP contribution is -2.35. The first-order valence-electron chi connectivity index (χ1n) is 8.47. The Morgan fingerprint density at radius 1 is 1.30 bits per heavy atom. The highest BCUT2D eigenvalue weighted by atomic mass is 35.5. The average molecular weight is 341 g/mol. The predicted molar refractivity (Wildman–Crippen MR) is 92.3 cm³/mol. The van der Waals surface area contributed by atoms with Crippen LogP contribution in [0.3, 0.4) is 0 Å². The fraction of sp³-hybridized carbons (Fsp3) is 0.611. The lowest BCUT2D eigenvalue weighted by molar-refractivity contribution is -0.132. The molecule has 1 saturated heterocycles. The summed E-state index contributed by atoms with van der Waals surface area (Å²) in [6.45, 7) is 2.86. The summed E-state index contributed by atoms with van der Waals surface area (Å²) in [4.78, 5) is 14.5. The third kappa shape index (κ3) is 5.47. The summed E-state index contributed by atoms with van der Waals surface area (Å²) in [5.74, 6) is 0.745. The molecule has 1 aliphatic carbocycles. The standard InChI is InChI=1S/C18H25FN2O.ClH/c19-16-3-1-2-14(12-16)9-11-21(17-5-6-17)18(22)7-4-15-8-10-20-13-15;/h1-3,12,15,17,20H,4-11,13H2;1H. The van der Waals surface area contributed by atoms with Gasteiger partial charge in [0, 0.05) is 19.0 Å². The van der Waals surface area contributed by atoms with E-state index >= 15 is 0 Å². The van der Waals surface area contributed by atoms with Crippen LogP contribution in [0.15, 0.2) is 24.3 Å². The molecular formula is C18H26ClFN2O. The number of benzene rings is 1. The first kappa shape index (κ1) is 18.2. The van der Waals surface area contributed by atoms with E-state index in [0.29, 0.717) is 18.4 Å². The zero-order valence-corrected chi connectivity index (χ0v) is 14.3. The molecule has 1 aromatic rings. The number of halogens is 2. The van der Waals surface area contributed by atoms with Crippen LogP contribution in [-0.4, -0.2) is 36.5 Å². The minimum absolute atomic E-state index is 0. The molecule has 128 valence electrons. The van der Waals surface area contributed by atoms with Gasteiger partial charge in [0.25, 0.3) is 0 Å². The monoisotopic (exact) mass is 340 g/mol. The fourth-order valence-electron chi connectivity index (χ4n) is 3.27. The van der Waals surface area contributed by atoms with E-state index in [4.69, 9.17) is 0 Å². The summed E-state index contributed by atoms with van der Waals surface area (Å²) in [5, 5.41) is 3.35. The molecule has 23 heavy (non-hydrogen) atoms. The van der Waals surface area contributed by atoms with Gasteiger partial charge in [-0.2, -0.15) is 0 Å². The second kappa shape index (κ2) is 8.65. The lowest BCUT2D eigenvalue weighted by Gasteiger charge is -2.23. The van der Waals surface area contributed by atoms with Crippen molar-refractivity contribution in [2.75, 3.05) is 19.6 Å². The van der Waals surface area contributed by atoms with Crippen molar-refractivity contribution in [2.24, 2.45) is 5.92 Å². The molecule has 1 atom stereocenters. The maximum absolute atomic E-state index is 13.2. The Morgan fingerprint density at radius 2 is 2.13 bits per heavy atom. The number of hydrogen-bond donors (Lipinski definition) is 1. The van der Waals surface area contributed by atoms with Crippen LogP contribution >= 0.6 is 12.4 Å². The van der Waals surface area contributed by atoms with Crippen molar-refractivity contribution in [2.45, 2.75) is 44.6 Å². The number of hydrogen-bond acceptors (Lipinski definition) is 2. The summed E-state index contributed by atoms with van der Waals surface area (Å²) in [6.07, 6.45) is 5.84. The van der Waals surface area contributed by atoms with Crippen molar-refractivity contribution >= 4 is 18.3 Å². The minimum atomic E-state index is -0.199. The normalized spacial score (nSPS) is 20.1. The molecule has 3 rings (SSSR count). The molecule has 0 radical (unpaired) electrons. The Bertz CT molecular complexity index is 515. The molecule has 2 aliphatic rings. The Labute approximate surface area is 144 Å². The van der Waals surface area contributed by atoms with E-state index in [-0.39, 0.29) is 24.1 Å². The average Bonchev–Trinajstić information content (AvgIpc) is 3.20. The Kier molecular flexibility index (Phi) is 6.85. The number of carbonyl (C=O) groups is 1. The summed E-state index contributed by atoms with van der Waals surface area (Å²) in [7, 11) is 0. The third-order valence-electron chi connectivity index (χ3n) is 4.77. The van der Waals surface area contributed by atoms with Crippen molar-refractivity contribution < 1.29 is 9.18 Å². The van der Waals surface area contributed by atoms with Gasteiger partial charge >= 0.3 is 0 Å². The van der Waals surface area contributed by atoms with E-state index in [0.717, 1.165) is 50.9 Å². The maximum Gasteiger partial charge on any atom is 0.222 e. The summed E-state index contributed by atoms with van der Waals surface area (Å²) < 4.78 is 13.2. The minimum Gasteiger partial charge on any atom is -0.339 e. The van der Waals surface area contributed by atoms with Gasteiger partial charge in [-0.1, -0.05) is 12.1 Å². The van der Waals surface area contributed by atoms with Crippen molar-refractivity contribution in [1.29, 1.82) is 0 Å². The van der Waals surface area contributed by atoms with Gasteiger partial charge < -0.3 is 10.2 Å². The molecule has 1 unspecified atom stereocenters. The van der Waals surface area contributed by atoms with Gasteiger partial charge in [-0.05, 0) is 68.8 Å². The van der Waals surface area contributed by atoms with Gasteiger partial charge in [-0.3, -0.25) is 4.79 Å². The Balaban J connectivity index is 0.00000192. The van der Waals surface area contributed by atoms with Gasteiger partial charge in [-0.25, -0.2) is 4.39 Å². The molecule has 0 bridgehead atoms. The van der Waals surface area contributed by atoms with E-state index in [1.54, 1.807) is 12.1 Å². The highest BCUT2D eigenvalue weighted by Gasteiger charge is 2.32. The van der Waals surface area contributed by atoms with Crippen molar-refractivity contribution in [3.8, 4) is 0 Å².